The van der Waals surface area contributed by atoms with Crippen molar-refractivity contribution in [3.8, 4) is 11.5 Å². The standard InChI is InChI=1S/C14H22FNO2/c1-4-6-17-13-9-14(12(16)8-11(13)15)18-7-5-10(2)3/h8-10H,4-7,16H2,1-3H3. The molecule has 2 N–H and O–H groups in total. The average molecular weight is 255 g/mol. The van der Waals surface area contributed by atoms with Gasteiger partial charge in [-0.25, -0.2) is 4.39 Å². The van der Waals surface area contributed by atoms with E-state index in [0.717, 1.165) is 12.8 Å². The van der Waals surface area contributed by atoms with E-state index in [-0.39, 0.29) is 5.75 Å². The molecule has 0 amide bonds. The second kappa shape index (κ2) is 7.09. The smallest absolute Gasteiger partial charge is 0.167 e. The van der Waals surface area contributed by atoms with E-state index in [4.69, 9.17) is 15.2 Å². The Morgan fingerprint density at radius 1 is 1.17 bits per heavy atom. The van der Waals surface area contributed by atoms with E-state index in [2.05, 4.69) is 13.8 Å². The van der Waals surface area contributed by atoms with Gasteiger partial charge in [-0.15, -0.1) is 0 Å². The molecule has 0 saturated heterocycles. The number of nitrogen functional groups attached to an aromatic ring is 1. The molecule has 0 bridgehead atoms. The van der Waals surface area contributed by atoms with Crippen LogP contribution in [0.15, 0.2) is 12.1 Å². The van der Waals surface area contributed by atoms with Crippen LogP contribution in [-0.2, 0) is 0 Å². The van der Waals surface area contributed by atoms with Crippen molar-refractivity contribution in [1.82, 2.24) is 0 Å². The van der Waals surface area contributed by atoms with Gasteiger partial charge in [0.1, 0.15) is 5.75 Å². The van der Waals surface area contributed by atoms with Gasteiger partial charge in [0.15, 0.2) is 11.6 Å². The summed E-state index contributed by atoms with van der Waals surface area (Å²) in [6.07, 6.45) is 1.76. The molecule has 0 fully saturated rings. The Morgan fingerprint density at radius 2 is 1.83 bits per heavy atom. The Labute approximate surface area is 108 Å². The van der Waals surface area contributed by atoms with Crippen molar-refractivity contribution < 1.29 is 13.9 Å². The second-order valence-electron chi connectivity index (χ2n) is 4.70. The predicted molar refractivity (Wildman–Crippen MR) is 71.5 cm³/mol. The van der Waals surface area contributed by atoms with Gasteiger partial charge in [0.25, 0.3) is 0 Å². The zero-order valence-electron chi connectivity index (χ0n) is 11.3. The lowest BCUT2D eigenvalue weighted by molar-refractivity contribution is 0.279. The Kier molecular flexibility index (Phi) is 5.75. The molecule has 102 valence electrons. The van der Waals surface area contributed by atoms with Crippen LogP contribution in [0.4, 0.5) is 10.1 Å². The molecule has 1 aromatic rings. The number of nitrogens with two attached hydrogens (primary N) is 1. The van der Waals surface area contributed by atoms with E-state index in [1.54, 1.807) is 0 Å². The third-order valence-corrected chi connectivity index (χ3v) is 2.48. The van der Waals surface area contributed by atoms with E-state index < -0.39 is 5.82 Å². The van der Waals surface area contributed by atoms with Crippen LogP contribution in [0.3, 0.4) is 0 Å². The first-order valence-electron chi connectivity index (χ1n) is 6.39. The molecule has 0 unspecified atom stereocenters. The van der Waals surface area contributed by atoms with Crippen LogP contribution in [-0.4, -0.2) is 13.2 Å². The van der Waals surface area contributed by atoms with Gasteiger partial charge >= 0.3 is 0 Å². The third-order valence-electron chi connectivity index (χ3n) is 2.48. The van der Waals surface area contributed by atoms with Crippen LogP contribution in [0.2, 0.25) is 0 Å². The summed E-state index contributed by atoms with van der Waals surface area (Å²) in [5.41, 5.74) is 6.02. The van der Waals surface area contributed by atoms with Crippen molar-refractivity contribution in [1.29, 1.82) is 0 Å². The highest BCUT2D eigenvalue weighted by Gasteiger charge is 2.10. The molecule has 0 aliphatic carbocycles. The molecule has 0 heterocycles. The summed E-state index contributed by atoms with van der Waals surface area (Å²) in [5.74, 6) is 0.799. The Morgan fingerprint density at radius 3 is 2.44 bits per heavy atom. The minimum atomic E-state index is -0.447. The number of rotatable bonds is 7. The summed E-state index contributed by atoms with van der Waals surface area (Å²) in [5, 5.41) is 0. The summed E-state index contributed by atoms with van der Waals surface area (Å²) in [4.78, 5) is 0. The molecule has 0 radical (unpaired) electrons. The number of hydrogen-bond donors (Lipinski definition) is 1. The van der Waals surface area contributed by atoms with Crippen LogP contribution >= 0.6 is 0 Å². The molecule has 1 rings (SSSR count). The van der Waals surface area contributed by atoms with E-state index in [0.29, 0.717) is 30.6 Å². The highest BCUT2D eigenvalue weighted by molar-refractivity contribution is 5.56. The maximum atomic E-state index is 13.5. The Balaban J connectivity index is 2.71. The molecule has 0 spiro atoms. The van der Waals surface area contributed by atoms with Gasteiger partial charge in [0.2, 0.25) is 0 Å². The number of halogens is 1. The quantitative estimate of drug-likeness (QED) is 0.757. The lowest BCUT2D eigenvalue weighted by Gasteiger charge is -2.13. The largest absolute Gasteiger partial charge is 0.491 e. The highest BCUT2D eigenvalue weighted by atomic mass is 19.1. The van der Waals surface area contributed by atoms with Crippen LogP contribution in [0.5, 0.6) is 11.5 Å². The predicted octanol–water partition coefficient (Wildman–Crippen LogP) is 3.62. The first-order chi connectivity index (χ1) is 8.54. The molecule has 3 nitrogen and oxygen atoms in total. The minimum absolute atomic E-state index is 0.200. The van der Waals surface area contributed by atoms with Gasteiger partial charge in [-0.05, 0) is 18.8 Å². The SMILES string of the molecule is CCCOc1cc(OCCC(C)C)c(N)cc1F. The van der Waals surface area contributed by atoms with Gasteiger partial charge < -0.3 is 15.2 Å². The topological polar surface area (TPSA) is 44.5 Å². The molecule has 0 aliphatic rings. The number of benzene rings is 1. The van der Waals surface area contributed by atoms with E-state index >= 15 is 0 Å². The molecular weight excluding hydrogens is 233 g/mol. The van der Waals surface area contributed by atoms with Gasteiger partial charge in [0, 0.05) is 12.1 Å². The van der Waals surface area contributed by atoms with E-state index in [9.17, 15) is 4.39 Å². The fourth-order valence-electron chi connectivity index (χ4n) is 1.40. The molecule has 0 aromatic heterocycles. The maximum absolute atomic E-state index is 13.5. The van der Waals surface area contributed by atoms with Crippen molar-refractivity contribution >= 4 is 5.69 Å². The number of ether oxygens (including phenoxy) is 2. The van der Waals surface area contributed by atoms with Crippen LogP contribution < -0.4 is 15.2 Å². The zero-order valence-corrected chi connectivity index (χ0v) is 11.3. The van der Waals surface area contributed by atoms with Crippen LogP contribution in [0.1, 0.15) is 33.6 Å². The average Bonchev–Trinajstić information content (AvgIpc) is 2.30. The van der Waals surface area contributed by atoms with Crippen LogP contribution in [0, 0.1) is 11.7 Å². The third kappa shape index (κ3) is 4.43. The van der Waals surface area contributed by atoms with Crippen molar-refractivity contribution in [2.24, 2.45) is 5.92 Å². The molecule has 18 heavy (non-hydrogen) atoms. The van der Waals surface area contributed by atoms with Crippen molar-refractivity contribution in [2.75, 3.05) is 18.9 Å². The molecule has 0 atom stereocenters. The number of hydrogen-bond acceptors (Lipinski definition) is 3. The fraction of sp³-hybridized carbons (Fsp3) is 0.571. The van der Waals surface area contributed by atoms with E-state index in [1.165, 1.54) is 12.1 Å². The van der Waals surface area contributed by atoms with Crippen molar-refractivity contribution in [3.05, 3.63) is 17.9 Å². The summed E-state index contributed by atoms with van der Waals surface area (Å²) in [7, 11) is 0. The van der Waals surface area contributed by atoms with Crippen LogP contribution in [0.25, 0.3) is 0 Å². The Bertz CT molecular complexity index is 380. The van der Waals surface area contributed by atoms with Crippen molar-refractivity contribution in [3.63, 3.8) is 0 Å². The van der Waals surface area contributed by atoms with Gasteiger partial charge in [0.05, 0.1) is 18.9 Å². The lowest BCUT2D eigenvalue weighted by Crippen LogP contribution is -2.05. The molecular formula is C14H22FNO2. The highest BCUT2D eigenvalue weighted by Crippen LogP contribution is 2.30. The van der Waals surface area contributed by atoms with E-state index in [1.807, 2.05) is 6.92 Å². The maximum Gasteiger partial charge on any atom is 0.167 e. The van der Waals surface area contributed by atoms with Gasteiger partial charge in [-0.1, -0.05) is 20.8 Å². The first-order valence-corrected chi connectivity index (χ1v) is 6.39. The van der Waals surface area contributed by atoms with Crippen molar-refractivity contribution in [2.45, 2.75) is 33.6 Å². The van der Waals surface area contributed by atoms with Gasteiger partial charge in [-0.3, -0.25) is 0 Å². The minimum Gasteiger partial charge on any atom is -0.491 e. The lowest BCUT2D eigenvalue weighted by atomic mass is 10.1. The normalized spacial score (nSPS) is 10.7. The first kappa shape index (κ1) is 14.6. The fourth-order valence-corrected chi connectivity index (χ4v) is 1.40. The second-order valence-corrected chi connectivity index (χ2v) is 4.70. The molecule has 1 aromatic carbocycles. The molecule has 0 saturated carbocycles. The van der Waals surface area contributed by atoms with Gasteiger partial charge in [-0.2, -0.15) is 0 Å². The summed E-state index contributed by atoms with van der Waals surface area (Å²) in [6.45, 7) is 7.25. The summed E-state index contributed by atoms with van der Waals surface area (Å²) < 4.78 is 24.4. The molecule has 4 heteroatoms. The number of anilines is 1. The monoisotopic (exact) mass is 255 g/mol. The molecule has 0 aliphatic heterocycles. The zero-order chi connectivity index (χ0) is 13.5. The summed E-state index contributed by atoms with van der Waals surface area (Å²) in [6, 6.07) is 2.77. The Hall–Kier alpha value is -1.45. The summed E-state index contributed by atoms with van der Waals surface area (Å²) >= 11 is 0.